The molecule has 29 heavy (non-hydrogen) atoms. The average molecular weight is 409 g/mol. The van der Waals surface area contributed by atoms with Crippen LogP contribution in [0.2, 0.25) is 0 Å². The van der Waals surface area contributed by atoms with E-state index in [0.29, 0.717) is 25.7 Å². The van der Waals surface area contributed by atoms with Crippen molar-refractivity contribution in [3.63, 3.8) is 0 Å². The number of benzene rings is 1. The van der Waals surface area contributed by atoms with Gasteiger partial charge in [-0.3, -0.25) is 9.79 Å². The molecule has 6 nitrogen and oxygen atoms in total. The molecule has 0 radical (unpaired) electrons. The van der Waals surface area contributed by atoms with Gasteiger partial charge in [0.1, 0.15) is 5.82 Å². The van der Waals surface area contributed by atoms with Crippen LogP contribution in [-0.4, -0.2) is 50.9 Å². The standard InChI is InChI=1S/C22H32FNO5/c23-18-8-5-6-9-19(18)24-14-15(25)11-12-17-16(20(26)13-21(17)27)7-3-1-2-4-10-22(28)29/h5-6,8-9,14-17,20-21,25-27H,1-4,7,10-13H2,(H,28,29)/t15?,16?,17-,20+,21-/m1/s1. The van der Waals surface area contributed by atoms with Gasteiger partial charge in [0.15, 0.2) is 0 Å². The molecule has 0 bridgehead atoms. The van der Waals surface area contributed by atoms with E-state index in [-0.39, 0.29) is 23.9 Å². The number of aliphatic imine (C=N–C) groups is 1. The lowest BCUT2D eigenvalue weighted by molar-refractivity contribution is -0.137. The monoisotopic (exact) mass is 409 g/mol. The van der Waals surface area contributed by atoms with Crippen LogP contribution in [0.1, 0.15) is 57.8 Å². The molecule has 0 heterocycles. The highest BCUT2D eigenvalue weighted by Gasteiger charge is 2.40. The van der Waals surface area contributed by atoms with Crippen LogP contribution in [0, 0.1) is 17.7 Å². The largest absolute Gasteiger partial charge is 0.481 e. The van der Waals surface area contributed by atoms with E-state index in [9.17, 15) is 24.5 Å². The molecule has 1 aromatic rings. The SMILES string of the molecule is O=C(O)CCCCCCC1[C@@H](CCC(O)C=Nc2ccccc2F)[C@H](O)C[C@@H]1O. The molecule has 1 saturated carbocycles. The van der Waals surface area contributed by atoms with Crippen LogP contribution in [0.15, 0.2) is 29.3 Å². The highest BCUT2D eigenvalue weighted by atomic mass is 19.1. The van der Waals surface area contributed by atoms with Crippen LogP contribution in [0.4, 0.5) is 10.1 Å². The van der Waals surface area contributed by atoms with Crippen LogP contribution in [-0.2, 0) is 4.79 Å². The van der Waals surface area contributed by atoms with E-state index in [0.717, 1.165) is 25.7 Å². The summed E-state index contributed by atoms with van der Waals surface area (Å²) in [7, 11) is 0. The first kappa shape index (κ1) is 23.4. The second kappa shape index (κ2) is 12.0. The van der Waals surface area contributed by atoms with Crippen molar-refractivity contribution in [2.45, 2.75) is 76.1 Å². The van der Waals surface area contributed by atoms with E-state index in [1.54, 1.807) is 12.1 Å². The van der Waals surface area contributed by atoms with Crippen molar-refractivity contribution >= 4 is 17.9 Å². The molecule has 2 rings (SSSR count). The molecule has 2 unspecified atom stereocenters. The van der Waals surface area contributed by atoms with Gasteiger partial charge in [-0.2, -0.15) is 0 Å². The minimum Gasteiger partial charge on any atom is -0.481 e. The van der Waals surface area contributed by atoms with E-state index < -0.39 is 30.1 Å². The fourth-order valence-corrected chi connectivity index (χ4v) is 4.15. The maximum absolute atomic E-state index is 13.6. The summed E-state index contributed by atoms with van der Waals surface area (Å²) in [6.07, 6.45) is 4.80. The predicted molar refractivity (Wildman–Crippen MR) is 109 cm³/mol. The van der Waals surface area contributed by atoms with Crippen LogP contribution < -0.4 is 0 Å². The maximum atomic E-state index is 13.6. The number of carbonyl (C=O) groups is 1. The Morgan fingerprint density at radius 1 is 1.10 bits per heavy atom. The molecule has 4 N–H and O–H groups in total. The van der Waals surface area contributed by atoms with Crippen LogP contribution in [0.3, 0.4) is 0 Å². The van der Waals surface area contributed by atoms with E-state index in [1.807, 2.05) is 0 Å². The number of rotatable bonds is 12. The Hall–Kier alpha value is -1.83. The zero-order valence-corrected chi connectivity index (χ0v) is 16.7. The topological polar surface area (TPSA) is 110 Å². The van der Waals surface area contributed by atoms with Crippen molar-refractivity contribution in [1.82, 2.24) is 0 Å². The zero-order valence-electron chi connectivity index (χ0n) is 16.7. The highest BCUT2D eigenvalue weighted by Crippen LogP contribution is 2.39. The van der Waals surface area contributed by atoms with Gasteiger partial charge in [-0.1, -0.05) is 31.4 Å². The summed E-state index contributed by atoms with van der Waals surface area (Å²) in [5.74, 6) is -1.36. The van der Waals surface area contributed by atoms with Crippen molar-refractivity contribution in [2.24, 2.45) is 16.8 Å². The number of aliphatic hydroxyl groups excluding tert-OH is 3. The molecule has 5 atom stereocenters. The summed E-state index contributed by atoms with van der Waals surface area (Å²) in [5, 5.41) is 39.4. The summed E-state index contributed by atoms with van der Waals surface area (Å²) < 4.78 is 13.6. The molecule has 0 amide bonds. The van der Waals surface area contributed by atoms with Crippen molar-refractivity contribution in [1.29, 1.82) is 0 Å². The molecule has 162 valence electrons. The third-order valence-corrected chi connectivity index (χ3v) is 5.73. The fourth-order valence-electron chi connectivity index (χ4n) is 4.15. The lowest BCUT2D eigenvalue weighted by Crippen LogP contribution is -2.24. The van der Waals surface area contributed by atoms with E-state index in [2.05, 4.69) is 4.99 Å². The number of hydrogen-bond acceptors (Lipinski definition) is 5. The Morgan fingerprint density at radius 3 is 2.45 bits per heavy atom. The summed E-state index contributed by atoms with van der Waals surface area (Å²) in [5.41, 5.74) is 0.170. The van der Waals surface area contributed by atoms with Crippen LogP contribution >= 0.6 is 0 Å². The van der Waals surface area contributed by atoms with Crippen LogP contribution in [0.25, 0.3) is 0 Å². The second-order valence-electron chi connectivity index (χ2n) is 7.92. The lowest BCUT2D eigenvalue weighted by Gasteiger charge is -2.24. The normalized spacial score (nSPS) is 25.5. The molecule has 7 heteroatoms. The number of halogens is 1. The van der Waals surface area contributed by atoms with Crippen molar-refractivity contribution in [3.8, 4) is 0 Å². The summed E-state index contributed by atoms with van der Waals surface area (Å²) >= 11 is 0. The molecular weight excluding hydrogens is 377 g/mol. The number of unbranched alkanes of at least 4 members (excludes halogenated alkanes) is 3. The number of hydrogen-bond donors (Lipinski definition) is 4. The van der Waals surface area contributed by atoms with Crippen molar-refractivity contribution < 1.29 is 29.6 Å². The number of para-hydroxylation sites is 1. The van der Waals surface area contributed by atoms with Crippen LogP contribution in [0.5, 0.6) is 0 Å². The Balaban J connectivity index is 1.77. The summed E-state index contributed by atoms with van der Waals surface area (Å²) in [6, 6.07) is 6.08. The minimum atomic E-state index is -0.851. The lowest BCUT2D eigenvalue weighted by atomic mass is 9.85. The molecule has 1 aliphatic carbocycles. The molecule has 1 fully saturated rings. The maximum Gasteiger partial charge on any atom is 0.303 e. The van der Waals surface area contributed by atoms with Gasteiger partial charge in [0.25, 0.3) is 0 Å². The van der Waals surface area contributed by atoms with Crippen molar-refractivity contribution in [3.05, 3.63) is 30.1 Å². The Morgan fingerprint density at radius 2 is 1.76 bits per heavy atom. The average Bonchev–Trinajstić information content (AvgIpc) is 2.94. The third-order valence-electron chi connectivity index (χ3n) is 5.73. The second-order valence-corrected chi connectivity index (χ2v) is 7.92. The smallest absolute Gasteiger partial charge is 0.303 e. The number of carboxylic acid groups (broad SMARTS) is 1. The molecule has 1 aliphatic rings. The Kier molecular flexibility index (Phi) is 9.70. The molecule has 0 aliphatic heterocycles. The van der Waals surface area contributed by atoms with Gasteiger partial charge in [0, 0.05) is 12.6 Å². The fraction of sp³-hybridized carbons (Fsp3) is 0.636. The Labute approximate surface area is 171 Å². The first-order chi connectivity index (χ1) is 13.9. The number of aliphatic carboxylic acids is 1. The van der Waals surface area contributed by atoms with E-state index in [1.165, 1.54) is 18.3 Å². The summed E-state index contributed by atoms with van der Waals surface area (Å²) in [6.45, 7) is 0. The number of aliphatic hydroxyl groups is 3. The van der Waals surface area contributed by atoms with Gasteiger partial charge in [0.05, 0.1) is 24.0 Å². The molecule has 0 aromatic heterocycles. The highest BCUT2D eigenvalue weighted by molar-refractivity contribution is 5.67. The first-order valence-electron chi connectivity index (χ1n) is 10.4. The van der Waals surface area contributed by atoms with Gasteiger partial charge < -0.3 is 20.4 Å². The van der Waals surface area contributed by atoms with Gasteiger partial charge in [-0.25, -0.2) is 4.39 Å². The van der Waals surface area contributed by atoms with Gasteiger partial charge >= 0.3 is 5.97 Å². The van der Waals surface area contributed by atoms with Gasteiger partial charge in [-0.05, 0) is 56.1 Å². The third kappa shape index (κ3) is 7.84. The molecule has 1 aromatic carbocycles. The predicted octanol–water partition coefficient (Wildman–Crippen LogP) is 3.45. The number of carboxylic acids is 1. The van der Waals surface area contributed by atoms with E-state index in [4.69, 9.17) is 5.11 Å². The summed E-state index contributed by atoms with van der Waals surface area (Å²) in [4.78, 5) is 14.5. The zero-order chi connectivity index (χ0) is 21.2. The van der Waals surface area contributed by atoms with Gasteiger partial charge in [-0.15, -0.1) is 0 Å². The molecule has 0 spiro atoms. The van der Waals surface area contributed by atoms with E-state index >= 15 is 0 Å². The molecule has 0 saturated heterocycles. The van der Waals surface area contributed by atoms with Crippen molar-refractivity contribution in [2.75, 3.05) is 0 Å². The quantitative estimate of drug-likeness (QED) is 0.312. The first-order valence-corrected chi connectivity index (χ1v) is 10.4. The molecular formula is C22H32FNO5. The Bertz CT molecular complexity index is 668. The minimum absolute atomic E-state index is 0.0276. The van der Waals surface area contributed by atoms with Gasteiger partial charge in [0.2, 0.25) is 0 Å². The number of nitrogens with zero attached hydrogens (tertiary/aromatic N) is 1.